The molecule has 116 heavy (non-hydrogen) atoms. The van der Waals surface area contributed by atoms with Crippen molar-refractivity contribution in [1.29, 1.82) is 0 Å². The van der Waals surface area contributed by atoms with Crippen LogP contribution < -0.4 is 9.80 Å². The Bertz CT molecular complexity index is 7040. The zero-order valence-corrected chi connectivity index (χ0v) is 65.2. The highest BCUT2D eigenvalue weighted by atomic mass is 32.1. The molecule has 2 heterocycles. The van der Waals surface area contributed by atoms with Crippen molar-refractivity contribution in [2.45, 2.75) is 24.7 Å². The predicted molar refractivity (Wildman–Crippen MR) is 492 cm³/mol. The maximum Gasteiger partial charge on any atom is 0.0713 e. The van der Waals surface area contributed by atoms with E-state index in [1.165, 1.54) is 159 Å². The average Bonchev–Trinajstić information content (AvgIpc) is 1.57. The summed E-state index contributed by atoms with van der Waals surface area (Å²) in [6.45, 7) is 4.72. The minimum absolute atomic E-state index is 0.116. The Morgan fingerprint density at radius 2 is 0.638 bits per heavy atom. The van der Waals surface area contributed by atoms with Gasteiger partial charge in [0.05, 0.1) is 16.4 Å². The van der Waals surface area contributed by atoms with Gasteiger partial charge in [0.15, 0.2) is 0 Å². The first-order valence-electron chi connectivity index (χ1n) is 40.1. The molecule has 2 aromatic heterocycles. The first-order valence-corrected chi connectivity index (χ1v) is 40.9. The van der Waals surface area contributed by atoms with Gasteiger partial charge in [-0.3, -0.25) is 0 Å². The van der Waals surface area contributed by atoms with E-state index in [2.05, 4.69) is 471 Å². The van der Waals surface area contributed by atoms with Crippen LogP contribution in [-0.4, -0.2) is 4.57 Å². The van der Waals surface area contributed by atoms with Crippen molar-refractivity contribution >= 4 is 87.4 Å². The second-order valence-electron chi connectivity index (χ2n) is 31.0. The molecule has 2 aliphatic carbocycles. The lowest BCUT2D eigenvalue weighted by atomic mass is 9.67. The number of thiophene rings is 1. The summed E-state index contributed by atoms with van der Waals surface area (Å²) < 4.78 is 4.98. The molecule has 4 heteroatoms. The summed E-state index contributed by atoms with van der Waals surface area (Å²) in [4.78, 5) is 4.83. The quantitative estimate of drug-likeness (QED) is 0.107. The fourth-order valence-electron chi connectivity index (χ4n) is 18.7. The van der Waals surface area contributed by atoms with Gasteiger partial charge in [-0.05, 0) is 233 Å². The van der Waals surface area contributed by atoms with Crippen LogP contribution in [0.1, 0.15) is 47.2 Å². The first kappa shape index (κ1) is 69.5. The molecule has 0 saturated heterocycles. The van der Waals surface area contributed by atoms with Crippen LogP contribution in [-0.2, 0) is 10.8 Å². The Morgan fingerprint density at radius 1 is 0.224 bits per heavy atom. The van der Waals surface area contributed by atoms with Crippen LogP contribution in [0, 0.1) is 0 Å². The molecule has 548 valence electrons. The van der Waals surface area contributed by atoms with Crippen LogP contribution in [0.5, 0.6) is 0 Å². The third kappa shape index (κ3) is 11.9. The van der Waals surface area contributed by atoms with Gasteiger partial charge in [-0.25, -0.2) is 0 Å². The van der Waals surface area contributed by atoms with Crippen molar-refractivity contribution in [1.82, 2.24) is 4.57 Å². The van der Waals surface area contributed by atoms with E-state index in [0.29, 0.717) is 0 Å². The number of para-hydroxylation sites is 2. The van der Waals surface area contributed by atoms with E-state index in [0.717, 1.165) is 34.1 Å². The zero-order valence-electron chi connectivity index (χ0n) is 64.4. The molecular formula is C112H79N3S. The number of benzene rings is 18. The maximum absolute atomic E-state index is 2.44. The van der Waals surface area contributed by atoms with Crippen molar-refractivity contribution in [3.05, 3.63) is 476 Å². The normalized spacial score (nSPS) is 12.7. The average molecular weight is 1500 g/mol. The fourth-order valence-corrected chi connectivity index (χ4v) is 19.8. The highest BCUT2D eigenvalue weighted by Crippen LogP contribution is 2.59. The maximum atomic E-state index is 2.44. The van der Waals surface area contributed by atoms with Gasteiger partial charge in [0.1, 0.15) is 0 Å². The van der Waals surface area contributed by atoms with Crippen molar-refractivity contribution in [2.75, 3.05) is 9.80 Å². The number of hydrogen-bond donors (Lipinski definition) is 0. The fraction of sp³-hybridized carbons (Fsp3) is 0.0357. The molecule has 20 aromatic rings. The third-order valence-corrected chi connectivity index (χ3v) is 25.3. The van der Waals surface area contributed by atoms with E-state index in [1.807, 2.05) is 11.3 Å². The number of hydrogen-bond acceptors (Lipinski definition) is 3. The predicted octanol–water partition coefficient (Wildman–Crippen LogP) is 30.8. The van der Waals surface area contributed by atoms with Gasteiger partial charge in [-0.1, -0.05) is 335 Å². The van der Waals surface area contributed by atoms with Crippen molar-refractivity contribution in [3.63, 3.8) is 0 Å². The van der Waals surface area contributed by atoms with Gasteiger partial charge in [0.25, 0.3) is 0 Å². The Hall–Kier alpha value is -14.4. The Labute approximate surface area is 681 Å². The summed E-state index contributed by atoms with van der Waals surface area (Å²) in [5.74, 6) is 0. The molecule has 0 aliphatic heterocycles. The van der Waals surface area contributed by atoms with E-state index >= 15 is 0 Å². The molecule has 2 aliphatic rings. The highest BCUT2D eigenvalue weighted by molar-refractivity contribution is 7.25. The molecule has 0 atom stereocenters. The van der Waals surface area contributed by atoms with Crippen LogP contribution >= 0.6 is 11.3 Å². The zero-order chi connectivity index (χ0) is 77.3. The van der Waals surface area contributed by atoms with Crippen LogP contribution in [0.25, 0.3) is 126 Å². The molecule has 0 amide bonds. The summed E-state index contributed by atoms with van der Waals surface area (Å²) >= 11 is 1.85. The van der Waals surface area contributed by atoms with Gasteiger partial charge < -0.3 is 14.4 Å². The number of nitrogens with zero attached hydrogens (tertiary/aromatic N) is 3. The number of anilines is 6. The summed E-state index contributed by atoms with van der Waals surface area (Å²) in [7, 11) is 0. The first-order chi connectivity index (χ1) is 57.3. The number of aromatic nitrogens is 1. The van der Waals surface area contributed by atoms with Crippen LogP contribution in [0.15, 0.2) is 443 Å². The lowest BCUT2D eigenvalue weighted by Gasteiger charge is -2.34. The largest absolute Gasteiger partial charge is 0.310 e. The molecule has 18 aromatic carbocycles. The lowest BCUT2D eigenvalue weighted by Crippen LogP contribution is -2.28. The Balaban J connectivity index is 0.000000145. The molecular weight excluding hydrogens is 1420 g/mol. The smallest absolute Gasteiger partial charge is 0.0713 e. The van der Waals surface area contributed by atoms with Crippen LogP contribution in [0.4, 0.5) is 34.1 Å². The third-order valence-electron chi connectivity index (χ3n) is 24.1. The Morgan fingerprint density at radius 3 is 1.29 bits per heavy atom. The molecule has 0 bridgehead atoms. The SMILES string of the molecule is CC1(C)c2ccccc2-c2ccc(N(c3ccc(-c4ccccc4)cc3)c3cccc(-c4cccc5c4-c4ccccc4C5(c4ccccc4)c4ccccc4)c3)cc21.c1ccc(-c2ccc(N(c3cccc(-c4cccc(-c5ccc6c(c5)c5ccccc5n6-c5ccccc5)c4)c3)c3ccc4sc5ccccc5c4c3)cc2)cc1. The molecule has 0 unspecified atom stereocenters. The van der Waals surface area contributed by atoms with Crippen molar-refractivity contribution in [2.24, 2.45) is 0 Å². The van der Waals surface area contributed by atoms with E-state index in [1.54, 1.807) is 0 Å². The molecule has 0 N–H and O–H groups in total. The summed E-state index contributed by atoms with van der Waals surface area (Å²) in [6.07, 6.45) is 0. The number of rotatable bonds is 14. The topological polar surface area (TPSA) is 11.4 Å². The van der Waals surface area contributed by atoms with Crippen LogP contribution in [0.3, 0.4) is 0 Å². The molecule has 22 rings (SSSR count). The highest BCUT2D eigenvalue weighted by Gasteiger charge is 2.47. The van der Waals surface area contributed by atoms with Gasteiger partial charge in [0, 0.05) is 76.2 Å². The monoisotopic (exact) mass is 1500 g/mol. The van der Waals surface area contributed by atoms with Gasteiger partial charge in [-0.15, -0.1) is 11.3 Å². The second-order valence-corrected chi connectivity index (χ2v) is 32.1. The van der Waals surface area contributed by atoms with Gasteiger partial charge in [0.2, 0.25) is 0 Å². The van der Waals surface area contributed by atoms with E-state index in [-0.39, 0.29) is 5.41 Å². The summed E-state index contributed by atoms with van der Waals surface area (Å²) in [5, 5.41) is 5.09. The van der Waals surface area contributed by atoms with E-state index < -0.39 is 5.41 Å². The van der Waals surface area contributed by atoms with Crippen molar-refractivity contribution < 1.29 is 0 Å². The standard InChI is InChI=1S/C58H43N.C54H36N2S/c1-57(2)52-29-14-12-26-49(52)50-37-36-47(39-55(50)57)59(45-34-32-41(33-35-45)40-18-6-3-7-19-40)46-25-16-20-42(38-46)48-28-17-31-54-56(48)51-27-13-15-30-53(51)58(54,43-21-8-4-9-22-43)44-23-10-5-11-24-44;1-3-13-37(14-4-1)38-25-28-44(29-26-38)55(46-30-32-54-50(36-46)48-22-8-10-24-53(48)57-54)45-20-12-17-41(34-45)39-15-11-16-40(33-39)42-27-31-52-49(35-42)47-21-7-9-23-51(47)56(52)43-18-5-2-6-19-43/h3-39H,1-2H3;1-36H. The van der Waals surface area contributed by atoms with Gasteiger partial charge >= 0.3 is 0 Å². The summed E-state index contributed by atoms with van der Waals surface area (Å²) in [5.41, 5.74) is 34.9. The molecule has 3 nitrogen and oxygen atoms in total. The van der Waals surface area contributed by atoms with Gasteiger partial charge in [-0.2, -0.15) is 0 Å². The minimum atomic E-state index is -0.455. The van der Waals surface area contributed by atoms with Crippen LogP contribution in [0.2, 0.25) is 0 Å². The Kier molecular flexibility index (Phi) is 17.4. The second kappa shape index (κ2) is 29.0. The number of fused-ring (bicyclic) bond motifs is 12. The lowest BCUT2D eigenvalue weighted by molar-refractivity contribution is 0.660. The molecule has 0 saturated carbocycles. The molecule has 0 fully saturated rings. The van der Waals surface area contributed by atoms with E-state index in [9.17, 15) is 0 Å². The molecule has 0 radical (unpaired) electrons. The van der Waals surface area contributed by atoms with E-state index in [4.69, 9.17) is 0 Å². The molecule has 0 spiro atoms. The van der Waals surface area contributed by atoms with Crippen molar-refractivity contribution in [3.8, 4) is 83.6 Å². The summed E-state index contributed by atoms with van der Waals surface area (Å²) in [6, 6.07) is 162. The minimum Gasteiger partial charge on any atom is -0.310 e.